The van der Waals surface area contributed by atoms with Gasteiger partial charge in [-0.2, -0.15) is 3.97 Å². The summed E-state index contributed by atoms with van der Waals surface area (Å²) in [6.07, 6.45) is 2.74. The molecule has 25 heavy (non-hydrogen) atoms. The number of aryl methyl sites for hydroxylation is 2. The third kappa shape index (κ3) is 3.41. The molecule has 2 aromatic carbocycles. The molecule has 7 heteroatoms. The van der Waals surface area contributed by atoms with E-state index in [1.54, 1.807) is 30.3 Å². The van der Waals surface area contributed by atoms with Crippen LogP contribution in [0.1, 0.15) is 16.7 Å². The van der Waals surface area contributed by atoms with Crippen molar-refractivity contribution in [1.29, 1.82) is 0 Å². The predicted molar refractivity (Wildman–Crippen MR) is 97.7 cm³/mol. The Hall–Kier alpha value is -2.31. The molecule has 0 unspecified atom stereocenters. The fourth-order valence-electron chi connectivity index (χ4n) is 2.52. The molecule has 3 aromatic rings. The largest absolute Gasteiger partial charge is 0.342 e. The van der Waals surface area contributed by atoms with Crippen molar-refractivity contribution < 1.29 is 8.42 Å². The van der Waals surface area contributed by atoms with Crippen molar-refractivity contribution in [3.8, 4) is 0 Å². The van der Waals surface area contributed by atoms with E-state index in [-0.39, 0.29) is 11.4 Å². The summed E-state index contributed by atoms with van der Waals surface area (Å²) in [4.78, 5) is 12.6. The Morgan fingerprint density at radius 3 is 2.44 bits per heavy atom. The van der Waals surface area contributed by atoms with E-state index in [0.717, 1.165) is 20.7 Å². The molecule has 0 saturated heterocycles. The van der Waals surface area contributed by atoms with Crippen LogP contribution in [0.3, 0.4) is 0 Å². The average Bonchev–Trinajstić information content (AvgIpc) is 2.91. The molecule has 0 N–H and O–H groups in total. The highest BCUT2D eigenvalue weighted by molar-refractivity contribution is 7.90. The van der Waals surface area contributed by atoms with E-state index in [1.807, 2.05) is 19.9 Å². The van der Waals surface area contributed by atoms with Gasteiger partial charge in [-0.1, -0.05) is 29.8 Å². The van der Waals surface area contributed by atoms with Crippen LogP contribution in [0, 0.1) is 13.8 Å². The highest BCUT2D eigenvalue weighted by Gasteiger charge is 2.21. The summed E-state index contributed by atoms with van der Waals surface area (Å²) in [7, 11) is -3.93. The van der Waals surface area contributed by atoms with Crippen LogP contribution in [0.25, 0.3) is 0 Å². The number of imidazole rings is 1. The minimum atomic E-state index is -3.93. The summed E-state index contributed by atoms with van der Waals surface area (Å²) in [5.74, 6) is 0. The third-order valence-electron chi connectivity index (χ3n) is 4.09. The zero-order valence-electron chi connectivity index (χ0n) is 13.8. The van der Waals surface area contributed by atoms with Crippen molar-refractivity contribution in [3.05, 3.63) is 87.1 Å². The first-order valence-electron chi connectivity index (χ1n) is 7.64. The molecule has 3 rings (SSSR count). The summed E-state index contributed by atoms with van der Waals surface area (Å²) in [5.41, 5.74) is 2.05. The van der Waals surface area contributed by atoms with Crippen molar-refractivity contribution in [2.75, 3.05) is 0 Å². The first-order valence-corrected chi connectivity index (χ1v) is 9.46. The van der Waals surface area contributed by atoms with E-state index < -0.39 is 15.7 Å². The maximum absolute atomic E-state index is 12.8. The van der Waals surface area contributed by atoms with Crippen LogP contribution in [-0.4, -0.2) is 17.0 Å². The number of nitrogens with zero attached hydrogens (tertiary/aromatic N) is 2. The summed E-state index contributed by atoms with van der Waals surface area (Å²) >= 11 is 5.95. The van der Waals surface area contributed by atoms with E-state index in [9.17, 15) is 13.2 Å². The highest BCUT2D eigenvalue weighted by atomic mass is 35.5. The molecule has 1 aromatic heterocycles. The fourth-order valence-corrected chi connectivity index (χ4v) is 4.05. The second kappa shape index (κ2) is 6.54. The van der Waals surface area contributed by atoms with Gasteiger partial charge in [-0.3, -0.25) is 4.57 Å². The lowest BCUT2D eigenvalue weighted by molar-refractivity contribution is 0.583. The SMILES string of the molecule is Cc1ccc(S(=O)(=O)n2ccn(Cc3cccc(Cl)c3)c2=O)cc1C. The summed E-state index contributed by atoms with van der Waals surface area (Å²) in [6, 6.07) is 11.9. The van der Waals surface area contributed by atoms with E-state index in [2.05, 4.69) is 0 Å². The van der Waals surface area contributed by atoms with Gasteiger partial charge in [0.15, 0.2) is 0 Å². The fraction of sp³-hybridized carbons (Fsp3) is 0.167. The Morgan fingerprint density at radius 2 is 1.76 bits per heavy atom. The third-order valence-corrected chi connectivity index (χ3v) is 5.97. The van der Waals surface area contributed by atoms with Crippen LogP contribution in [0.2, 0.25) is 5.02 Å². The van der Waals surface area contributed by atoms with Crippen molar-refractivity contribution >= 4 is 21.6 Å². The van der Waals surface area contributed by atoms with Gasteiger partial charge in [-0.15, -0.1) is 0 Å². The molecule has 0 atom stereocenters. The van der Waals surface area contributed by atoms with Crippen LogP contribution in [0.5, 0.6) is 0 Å². The van der Waals surface area contributed by atoms with Gasteiger partial charge in [0.1, 0.15) is 0 Å². The summed E-state index contributed by atoms with van der Waals surface area (Å²) in [5, 5.41) is 0.563. The molecule has 5 nitrogen and oxygen atoms in total. The molecule has 0 aliphatic rings. The van der Waals surface area contributed by atoms with Gasteiger partial charge in [0.05, 0.1) is 11.4 Å². The zero-order valence-corrected chi connectivity index (χ0v) is 15.4. The Morgan fingerprint density at radius 1 is 1.00 bits per heavy atom. The number of hydrogen-bond acceptors (Lipinski definition) is 3. The molecule has 0 amide bonds. The lowest BCUT2D eigenvalue weighted by atomic mass is 10.1. The maximum Gasteiger partial charge on any atom is 0.342 e. The lowest BCUT2D eigenvalue weighted by Gasteiger charge is -2.07. The normalized spacial score (nSPS) is 11.6. The second-order valence-electron chi connectivity index (χ2n) is 5.89. The topological polar surface area (TPSA) is 61.1 Å². The molecule has 0 fully saturated rings. The second-order valence-corrected chi connectivity index (χ2v) is 8.14. The number of rotatable bonds is 4. The van der Waals surface area contributed by atoms with Crippen LogP contribution in [-0.2, 0) is 16.6 Å². The minimum absolute atomic E-state index is 0.0956. The maximum atomic E-state index is 12.8. The number of hydrogen-bond donors (Lipinski definition) is 0. The Balaban J connectivity index is 2.00. The predicted octanol–water partition coefficient (Wildman–Crippen LogP) is 3.21. The Kier molecular flexibility index (Phi) is 4.58. The van der Waals surface area contributed by atoms with Crippen molar-refractivity contribution in [2.45, 2.75) is 25.3 Å². The van der Waals surface area contributed by atoms with Gasteiger partial charge in [0.2, 0.25) is 0 Å². The van der Waals surface area contributed by atoms with Crippen molar-refractivity contribution in [3.63, 3.8) is 0 Å². The first-order chi connectivity index (χ1) is 11.8. The molecule has 0 bridgehead atoms. The van der Waals surface area contributed by atoms with Gasteiger partial charge in [0.25, 0.3) is 10.0 Å². The van der Waals surface area contributed by atoms with Gasteiger partial charge in [-0.25, -0.2) is 13.2 Å². The molecule has 0 saturated carbocycles. The standard InChI is InChI=1S/C18H17ClN2O3S/c1-13-6-7-17(10-14(13)2)25(23,24)21-9-8-20(18(21)22)12-15-4-3-5-16(19)11-15/h3-11H,12H2,1-2H3. The summed E-state index contributed by atoms with van der Waals surface area (Å²) < 4.78 is 27.6. The zero-order chi connectivity index (χ0) is 18.2. The van der Waals surface area contributed by atoms with E-state index >= 15 is 0 Å². The molecule has 0 aliphatic carbocycles. The van der Waals surface area contributed by atoms with Gasteiger partial charge in [-0.05, 0) is 54.8 Å². The average molecular weight is 377 g/mol. The van der Waals surface area contributed by atoms with Crippen LogP contribution in [0.15, 0.2) is 64.5 Å². The smallest absolute Gasteiger partial charge is 0.294 e. The molecule has 1 heterocycles. The number of halogens is 1. The van der Waals surface area contributed by atoms with Crippen molar-refractivity contribution in [1.82, 2.24) is 8.54 Å². The molecule has 0 spiro atoms. The lowest BCUT2D eigenvalue weighted by Crippen LogP contribution is -2.29. The quantitative estimate of drug-likeness (QED) is 0.702. The van der Waals surface area contributed by atoms with Crippen LogP contribution >= 0.6 is 11.6 Å². The van der Waals surface area contributed by atoms with Gasteiger partial charge >= 0.3 is 5.69 Å². The molecular formula is C18H17ClN2O3S. The monoisotopic (exact) mass is 376 g/mol. The highest BCUT2D eigenvalue weighted by Crippen LogP contribution is 2.17. The molecule has 130 valence electrons. The molecule has 0 radical (unpaired) electrons. The van der Waals surface area contributed by atoms with Crippen LogP contribution < -0.4 is 5.69 Å². The minimum Gasteiger partial charge on any atom is -0.294 e. The molecule has 0 aliphatic heterocycles. The van der Waals surface area contributed by atoms with E-state index in [1.165, 1.54) is 23.0 Å². The van der Waals surface area contributed by atoms with Gasteiger partial charge in [0, 0.05) is 17.4 Å². The van der Waals surface area contributed by atoms with Crippen molar-refractivity contribution in [2.24, 2.45) is 0 Å². The van der Waals surface area contributed by atoms with Gasteiger partial charge < -0.3 is 0 Å². The Labute approximate surface area is 151 Å². The number of aromatic nitrogens is 2. The first kappa shape index (κ1) is 17.5. The number of benzene rings is 2. The summed E-state index contributed by atoms with van der Waals surface area (Å²) in [6.45, 7) is 3.98. The van der Waals surface area contributed by atoms with E-state index in [0.29, 0.717) is 5.02 Å². The Bertz CT molecular complexity index is 1100. The van der Waals surface area contributed by atoms with E-state index in [4.69, 9.17) is 11.6 Å². The molecular weight excluding hydrogens is 360 g/mol. The van der Waals surface area contributed by atoms with Crippen LogP contribution in [0.4, 0.5) is 0 Å².